The molecule has 0 aromatic heterocycles. The van der Waals surface area contributed by atoms with Crippen LogP contribution >= 0.6 is 0 Å². The Labute approximate surface area is 109 Å². The second-order valence-corrected chi connectivity index (χ2v) is 5.00. The second kappa shape index (κ2) is 6.01. The zero-order valence-electron chi connectivity index (χ0n) is 11.2. The summed E-state index contributed by atoms with van der Waals surface area (Å²) >= 11 is 0. The quantitative estimate of drug-likeness (QED) is 0.813. The van der Waals surface area contributed by atoms with Gasteiger partial charge >= 0.3 is 0 Å². The van der Waals surface area contributed by atoms with Gasteiger partial charge in [0.05, 0.1) is 7.11 Å². The third-order valence-electron chi connectivity index (χ3n) is 3.68. The van der Waals surface area contributed by atoms with Crippen molar-refractivity contribution in [1.29, 1.82) is 0 Å². The van der Waals surface area contributed by atoms with Crippen LogP contribution in [0.3, 0.4) is 0 Å². The van der Waals surface area contributed by atoms with Crippen LogP contribution in [0.4, 0.5) is 0 Å². The number of methoxy groups -OCH3 is 1. The van der Waals surface area contributed by atoms with Crippen molar-refractivity contribution in [3.05, 3.63) is 29.3 Å². The highest BCUT2D eigenvalue weighted by Crippen LogP contribution is 2.21. The van der Waals surface area contributed by atoms with Crippen LogP contribution < -0.4 is 10.1 Å². The molecule has 18 heavy (non-hydrogen) atoms. The van der Waals surface area contributed by atoms with Gasteiger partial charge in [0, 0.05) is 12.0 Å². The first-order valence-electron chi connectivity index (χ1n) is 6.59. The van der Waals surface area contributed by atoms with E-state index in [0.717, 1.165) is 36.4 Å². The van der Waals surface area contributed by atoms with Gasteiger partial charge in [-0.2, -0.15) is 0 Å². The van der Waals surface area contributed by atoms with Gasteiger partial charge in [-0.3, -0.25) is 4.79 Å². The number of hydrogen-bond acceptors (Lipinski definition) is 3. The first kappa shape index (κ1) is 13.1. The maximum Gasteiger partial charge on any atom is 0.163 e. The third-order valence-corrected chi connectivity index (χ3v) is 3.68. The van der Waals surface area contributed by atoms with Crippen LogP contribution in [0, 0.1) is 12.8 Å². The number of carbonyl (C=O) groups excluding carboxylic acids is 1. The number of ether oxygens (including phenoxy) is 1. The van der Waals surface area contributed by atoms with E-state index in [1.165, 1.54) is 6.42 Å². The van der Waals surface area contributed by atoms with E-state index in [2.05, 4.69) is 5.32 Å². The number of ketones is 1. The van der Waals surface area contributed by atoms with Crippen molar-refractivity contribution in [1.82, 2.24) is 5.32 Å². The fourth-order valence-electron chi connectivity index (χ4n) is 2.51. The van der Waals surface area contributed by atoms with Gasteiger partial charge in [-0.05, 0) is 62.5 Å². The molecular formula is C15H21NO2. The molecule has 0 amide bonds. The molecule has 3 heteroatoms. The summed E-state index contributed by atoms with van der Waals surface area (Å²) in [5, 5.41) is 3.33. The van der Waals surface area contributed by atoms with E-state index in [0.29, 0.717) is 12.3 Å². The van der Waals surface area contributed by atoms with Crippen molar-refractivity contribution < 1.29 is 9.53 Å². The Morgan fingerprint density at radius 1 is 1.50 bits per heavy atom. The summed E-state index contributed by atoms with van der Waals surface area (Å²) in [6.45, 7) is 4.13. The minimum absolute atomic E-state index is 0.252. The molecule has 1 saturated heterocycles. The fourth-order valence-corrected chi connectivity index (χ4v) is 2.51. The summed E-state index contributed by atoms with van der Waals surface area (Å²) in [5.74, 6) is 1.73. The minimum atomic E-state index is 0.252. The van der Waals surface area contributed by atoms with E-state index >= 15 is 0 Å². The van der Waals surface area contributed by atoms with Gasteiger partial charge in [0.25, 0.3) is 0 Å². The number of carbonyl (C=O) groups is 1. The average Bonchev–Trinajstić information content (AvgIpc) is 2.88. The van der Waals surface area contributed by atoms with Crippen molar-refractivity contribution in [3.8, 4) is 5.75 Å². The normalized spacial score (nSPS) is 18.9. The fraction of sp³-hybridized carbons (Fsp3) is 0.533. The maximum absolute atomic E-state index is 12.2. The highest BCUT2D eigenvalue weighted by molar-refractivity contribution is 5.97. The predicted octanol–water partition coefficient (Wildman–Crippen LogP) is 2.58. The molecular weight excluding hydrogens is 226 g/mol. The molecule has 0 aliphatic carbocycles. The lowest BCUT2D eigenvalue weighted by molar-refractivity contribution is 0.0974. The molecule has 0 saturated carbocycles. The van der Waals surface area contributed by atoms with Gasteiger partial charge < -0.3 is 10.1 Å². The Kier molecular flexibility index (Phi) is 4.37. The Morgan fingerprint density at radius 2 is 2.33 bits per heavy atom. The predicted molar refractivity (Wildman–Crippen MR) is 72.3 cm³/mol. The minimum Gasteiger partial charge on any atom is -0.497 e. The molecule has 98 valence electrons. The maximum atomic E-state index is 12.2. The molecule has 1 aliphatic heterocycles. The SMILES string of the molecule is COc1ccc(C(=O)CCC2CCNC2)c(C)c1. The summed E-state index contributed by atoms with van der Waals surface area (Å²) in [7, 11) is 1.64. The number of rotatable bonds is 5. The largest absolute Gasteiger partial charge is 0.497 e. The Hall–Kier alpha value is -1.35. The lowest BCUT2D eigenvalue weighted by atomic mass is 9.96. The highest BCUT2D eigenvalue weighted by Gasteiger charge is 2.17. The third kappa shape index (κ3) is 3.10. The summed E-state index contributed by atoms with van der Waals surface area (Å²) in [6, 6.07) is 5.66. The van der Waals surface area contributed by atoms with E-state index in [1.807, 2.05) is 25.1 Å². The number of hydrogen-bond donors (Lipinski definition) is 1. The number of benzene rings is 1. The second-order valence-electron chi connectivity index (χ2n) is 5.00. The van der Waals surface area contributed by atoms with E-state index in [4.69, 9.17) is 4.74 Å². The van der Waals surface area contributed by atoms with Gasteiger partial charge in [-0.1, -0.05) is 0 Å². The lowest BCUT2D eigenvalue weighted by Crippen LogP contribution is -2.11. The standard InChI is InChI=1S/C15H21NO2/c1-11-9-13(18-2)4-5-14(11)15(17)6-3-12-7-8-16-10-12/h4-5,9,12,16H,3,6-8,10H2,1-2H3. The summed E-state index contributed by atoms with van der Waals surface area (Å²) in [6.07, 6.45) is 2.85. The van der Waals surface area contributed by atoms with Crippen molar-refractivity contribution in [2.45, 2.75) is 26.2 Å². The molecule has 2 rings (SSSR count). The monoisotopic (exact) mass is 247 g/mol. The summed E-state index contributed by atoms with van der Waals surface area (Å²) < 4.78 is 5.15. The molecule has 0 radical (unpaired) electrons. The smallest absolute Gasteiger partial charge is 0.163 e. The molecule has 1 aromatic rings. The van der Waals surface area contributed by atoms with Gasteiger partial charge in [0.2, 0.25) is 0 Å². The van der Waals surface area contributed by atoms with Gasteiger partial charge in [0.15, 0.2) is 5.78 Å². The Morgan fingerprint density at radius 3 is 2.94 bits per heavy atom. The number of nitrogens with one attached hydrogen (secondary N) is 1. The molecule has 1 fully saturated rings. The highest BCUT2D eigenvalue weighted by atomic mass is 16.5. The summed E-state index contributed by atoms with van der Waals surface area (Å²) in [4.78, 5) is 12.2. The zero-order chi connectivity index (χ0) is 13.0. The van der Waals surface area contributed by atoms with Gasteiger partial charge in [0.1, 0.15) is 5.75 Å². The van der Waals surface area contributed by atoms with Crippen molar-refractivity contribution in [2.75, 3.05) is 20.2 Å². The van der Waals surface area contributed by atoms with Crippen LogP contribution in [-0.2, 0) is 0 Å². The van der Waals surface area contributed by atoms with Crippen molar-refractivity contribution in [2.24, 2.45) is 5.92 Å². The van der Waals surface area contributed by atoms with Gasteiger partial charge in [-0.25, -0.2) is 0 Å². The molecule has 1 N–H and O–H groups in total. The first-order chi connectivity index (χ1) is 8.70. The Balaban J connectivity index is 1.95. The van der Waals surface area contributed by atoms with Crippen LogP contribution in [0.25, 0.3) is 0 Å². The molecule has 0 bridgehead atoms. The molecule has 1 atom stereocenters. The topological polar surface area (TPSA) is 38.3 Å². The van der Waals surface area contributed by atoms with Crippen LogP contribution in [0.1, 0.15) is 35.2 Å². The van der Waals surface area contributed by atoms with Crippen LogP contribution in [-0.4, -0.2) is 26.0 Å². The summed E-state index contributed by atoms with van der Waals surface area (Å²) in [5.41, 5.74) is 1.84. The van der Waals surface area contributed by atoms with E-state index in [-0.39, 0.29) is 5.78 Å². The average molecular weight is 247 g/mol. The molecule has 3 nitrogen and oxygen atoms in total. The first-order valence-corrected chi connectivity index (χ1v) is 6.59. The lowest BCUT2D eigenvalue weighted by Gasteiger charge is -2.09. The van der Waals surface area contributed by atoms with E-state index < -0.39 is 0 Å². The Bertz CT molecular complexity index is 423. The van der Waals surface area contributed by atoms with Crippen LogP contribution in [0.5, 0.6) is 5.75 Å². The van der Waals surface area contributed by atoms with E-state index in [1.54, 1.807) is 7.11 Å². The zero-order valence-corrected chi connectivity index (χ0v) is 11.2. The van der Waals surface area contributed by atoms with Gasteiger partial charge in [-0.15, -0.1) is 0 Å². The van der Waals surface area contributed by atoms with Crippen LogP contribution in [0.15, 0.2) is 18.2 Å². The van der Waals surface area contributed by atoms with E-state index in [9.17, 15) is 4.79 Å². The van der Waals surface area contributed by atoms with Crippen molar-refractivity contribution in [3.63, 3.8) is 0 Å². The molecule has 0 spiro atoms. The molecule has 1 heterocycles. The van der Waals surface area contributed by atoms with Crippen LogP contribution in [0.2, 0.25) is 0 Å². The number of aryl methyl sites for hydroxylation is 1. The molecule has 1 aliphatic rings. The number of Topliss-reactive ketones (excluding diaryl/α,β-unsaturated/α-hetero) is 1. The molecule has 1 unspecified atom stereocenters. The van der Waals surface area contributed by atoms with Crippen molar-refractivity contribution >= 4 is 5.78 Å². The molecule has 1 aromatic carbocycles.